The third-order valence-electron chi connectivity index (χ3n) is 14.5. The minimum Gasteiger partial charge on any atom is -0.407 e. The molecule has 7 aromatic rings. The average molecular weight is 1230 g/mol. The maximum Gasteiger partial charge on any atom is 0.270 e. The summed E-state index contributed by atoms with van der Waals surface area (Å²) in [5.41, 5.74) is 0. The number of carbonyl (C=O) groups is 2. The van der Waals surface area contributed by atoms with Crippen LogP contribution in [0.5, 0.6) is 0 Å². The van der Waals surface area contributed by atoms with Crippen LogP contribution in [-0.2, 0) is 28.1 Å². The standard InChI is InChI=1S/C27H37NO3Si.C23H29NOSi.C22H22NO2P.3CH4/c1-27(2,3)32(24-18-12-10-13-19-24,25-20-14-11-15-21-25)31-23-17-9-7-6-8-16-22-26(29)28(4)30-5;1-23(2,3)26(21-15-9-7-10-16-21,22-17-11-8-12-18-22)25-20-14-6-5-13-19-24-4;1-23(25-2)22(24)18-26(19-12-6-3-7-13-19,20-14-8-4-9-15-20)21-16-10-5-11-17-21;;;/h7,9-16,18-22H,6,8,17,23H2,1-5H3;5-12,15-18H,13-14,19-20H2,1-3H3;3-18H,1-2H3;3*1H4/b9-7+,22-16+;6-5+;;;;. The van der Waals surface area contributed by atoms with Crippen LogP contribution >= 0.6 is 6.89 Å². The van der Waals surface area contributed by atoms with E-state index in [0.29, 0.717) is 19.8 Å². The van der Waals surface area contributed by atoms with Crippen molar-refractivity contribution in [1.82, 2.24) is 10.1 Å². The number of carbonyl (C=O) groups excluding carboxylic acids is 2. The Labute approximate surface area is 527 Å². The van der Waals surface area contributed by atoms with Gasteiger partial charge < -0.3 is 13.7 Å². The number of nitrogens with zero attached hydrogens (tertiary/aromatic N) is 3. The molecule has 464 valence electrons. The second-order valence-electron chi connectivity index (χ2n) is 22.1. The Kier molecular flexibility index (Phi) is 33.9. The number of likely N-dealkylation sites (N-methyl/N-ethyl adjacent to an activating group) is 1. The molecular formula is C75H100N3O6PSi2. The Morgan fingerprint density at radius 3 is 1.01 bits per heavy atom. The number of benzene rings is 7. The zero-order valence-corrected chi connectivity index (χ0v) is 54.0. The van der Waals surface area contributed by atoms with Crippen LogP contribution in [0.1, 0.15) is 95.9 Å². The first-order valence-electron chi connectivity index (χ1n) is 28.9. The molecule has 0 spiro atoms. The zero-order valence-electron chi connectivity index (χ0n) is 51.1. The predicted octanol–water partition coefficient (Wildman–Crippen LogP) is 14.4. The Balaban J connectivity index is 0.000000440. The lowest BCUT2D eigenvalue weighted by molar-refractivity contribution is -0.162. The highest BCUT2D eigenvalue weighted by Gasteiger charge is 2.51. The van der Waals surface area contributed by atoms with E-state index in [1.807, 2.05) is 66.5 Å². The van der Waals surface area contributed by atoms with Crippen LogP contribution in [0.25, 0.3) is 4.85 Å². The van der Waals surface area contributed by atoms with Gasteiger partial charge in [0.1, 0.15) is 0 Å². The maximum absolute atomic E-state index is 12.9. The van der Waals surface area contributed by atoms with Crippen molar-refractivity contribution in [2.45, 2.75) is 106 Å². The summed E-state index contributed by atoms with van der Waals surface area (Å²) in [6.45, 7) is 20.3. The molecule has 0 heterocycles. The van der Waals surface area contributed by atoms with Gasteiger partial charge in [0.15, 0.2) is 0 Å². The molecule has 2 amide bonds. The summed E-state index contributed by atoms with van der Waals surface area (Å²) in [6, 6.07) is 73.6. The van der Waals surface area contributed by atoms with Gasteiger partial charge in [0.05, 0.1) is 14.2 Å². The minimum atomic E-state index is -2.46. The van der Waals surface area contributed by atoms with Crippen molar-refractivity contribution in [3.8, 4) is 0 Å². The molecule has 0 N–H and O–H groups in total. The first-order chi connectivity index (χ1) is 40.5. The van der Waals surface area contributed by atoms with E-state index in [9.17, 15) is 9.59 Å². The molecule has 7 rings (SSSR count). The van der Waals surface area contributed by atoms with E-state index in [4.69, 9.17) is 25.1 Å². The summed E-state index contributed by atoms with van der Waals surface area (Å²) < 4.78 is 13.7. The van der Waals surface area contributed by atoms with Gasteiger partial charge in [-0.05, 0) is 79.3 Å². The van der Waals surface area contributed by atoms with Crippen LogP contribution in [0, 0.1) is 6.57 Å². The number of unbranched alkanes of at least 4 members (excludes halogenated alkanes) is 1. The summed E-state index contributed by atoms with van der Waals surface area (Å²) in [5, 5.41) is 11.1. The van der Waals surface area contributed by atoms with Crippen molar-refractivity contribution in [3.63, 3.8) is 0 Å². The number of amides is 2. The minimum absolute atomic E-state index is 0. The first kappa shape index (κ1) is 75.9. The van der Waals surface area contributed by atoms with Crippen molar-refractivity contribution < 1.29 is 28.1 Å². The third kappa shape index (κ3) is 21.0. The van der Waals surface area contributed by atoms with Crippen molar-refractivity contribution in [2.75, 3.05) is 48.1 Å². The summed E-state index contributed by atoms with van der Waals surface area (Å²) in [6.07, 6.45) is 16.2. The molecule has 0 radical (unpaired) electrons. The SMILES string of the molecule is C.C.C.CON(C)C(=O)/C=C/CC/C=C/CCO[Si](c1ccccc1)(c1ccccc1)C(C)(C)C.CON(C)C(=O)C=P(c1ccccc1)(c1ccccc1)c1ccccc1.[C-]#[N+]CC/C=C/CCO[Si](c1ccccc1)(c1ccccc1)C(C)(C)C. The molecule has 0 bridgehead atoms. The molecule has 0 aliphatic rings. The van der Waals surface area contributed by atoms with E-state index in [1.54, 1.807) is 20.2 Å². The quantitative estimate of drug-likeness (QED) is 0.0114. The van der Waals surface area contributed by atoms with E-state index < -0.39 is 23.5 Å². The lowest BCUT2D eigenvalue weighted by atomic mass is 10.2. The molecule has 9 nitrogen and oxygen atoms in total. The van der Waals surface area contributed by atoms with E-state index in [-0.39, 0.29) is 44.2 Å². The van der Waals surface area contributed by atoms with Crippen molar-refractivity contribution >= 4 is 77.8 Å². The smallest absolute Gasteiger partial charge is 0.270 e. The van der Waals surface area contributed by atoms with Crippen LogP contribution in [0.4, 0.5) is 0 Å². The number of allylic oxidation sites excluding steroid dienone is 2. The van der Waals surface area contributed by atoms with E-state index in [0.717, 1.165) is 48.0 Å². The van der Waals surface area contributed by atoms with E-state index in [2.05, 4.69) is 228 Å². The largest absolute Gasteiger partial charge is 0.407 e. The summed E-state index contributed by atoms with van der Waals surface area (Å²) in [7, 11) is 1.34. The lowest BCUT2D eigenvalue weighted by Crippen LogP contribution is -2.66. The molecule has 7 aromatic carbocycles. The summed E-state index contributed by atoms with van der Waals surface area (Å²) in [4.78, 5) is 37.9. The third-order valence-corrected chi connectivity index (χ3v) is 28.5. The van der Waals surface area contributed by atoms with Crippen LogP contribution in [0.15, 0.2) is 249 Å². The van der Waals surface area contributed by atoms with Gasteiger partial charge in [-0.15, -0.1) is 0 Å². The Morgan fingerprint density at radius 2 is 0.713 bits per heavy atom. The molecule has 0 aliphatic carbocycles. The zero-order chi connectivity index (χ0) is 60.7. The van der Waals surface area contributed by atoms with Crippen molar-refractivity contribution in [3.05, 3.63) is 260 Å². The predicted molar refractivity (Wildman–Crippen MR) is 380 cm³/mol. The summed E-state index contributed by atoms with van der Waals surface area (Å²) >= 11 is 0. The first-order valence-corrected chi connectivity index (χ1v) is 34.6. The average Bonchev–Trinajstić information content (AvgIpc) is 0.879. The monoisotopic (exact) mass is 1230 g/mol. The fourth-order valence-electron chi connectivity index (χ4n) is 10.3. The normalized spacial score (nSPS) is 11.6. The highest BCUT2D eigenvalue weighted by molar-refractivity contribution is 7.95. The molecule has 12 heteroatoms. The molecule has 0 saturated carbocycles. The van der Waals surface area contributed by atoms with Gasteiger partial charge in [0.2, 0.25) is 6.54 Å². The molecule has 0 aromatic heterocycles. The molecule has 0 unspecified atom stereocenters. The van der Waals surface area contributed by atoms with Crippen LogP contribution in [0.3, 0.4) is 0 Å². The van der Waals surface area contributed by atoms with Crippen molar-refractivity contribution in [2.24, 2.45) is 0 Å². The Hall–Kier alpha value is -7.24. The van der Waals surface area contributed by atoms with Gasteiger partial charge in [-0.2, -0.15) is 0 Å². The van der Waals surface area contributed by atoms with Crippen LogP contribution in [-0.4, -0.2) is 92.4 Å². The van der Waals surface area contributed by atoms with Gasteiger partial charge in [0.25, 0.3) is 28.4 Å². The number of hydroxylamine groups is 4. The van der Waals surface area contributed by atoms with Crippen LogP contribution in [0.2, 0.25) is 10.1 Å². The molecule has 0 atom stereocenters. The number of rotatable bonds is 24. The molecule has 87 heavy (non-hydrogen) atoms. The fraction of sp³-hybridized carbons (Fsp3) is 0.307. The van der Waals surface area contributed by atoms with E-state index >= 15 is 0 Å². The van der Waals surface area contributed by atoms with Gasteiger partial charge in [-0.3, -0.25) is 19.3 Å². The van der Waals surface area contributed by atoms with Crippen LogP contribution < -0.4 is 36.7 Å². The molecular weight excluding hydrogens is 1130 g/mol. The topological polar surface area (TPSA) is 81.9 Å². The molecule has 0 saturated heterocycles. The van der Waals surface area contributed by atoms with Gasteiger partial charge in [-0.25, -0.2) is 16.7 Å². The van der Waals surface area contributed by atoms with Gasteiger partial charge >= 0.3 is 0 Å². The lowest BCUT2D eigenvalue weighted by Gasteiger charge is -2.43. The number of hydrogen-bond donors (Lipinski definition) is 0. The number of hydrogen-bond acceptors (Lipinski definition) is 6. The van der Waals surface area contributed by atoms with Gasteiger partial charge in [-0.1, -0.05) is 307 Å². The maximum atomic E-state index is 12.9. The second kappa shape index (κ2) is 38.8. The molecule has 0 fully saturated rings. The van der Waals surface area contributed by atoms with Gasteiger partial charge in [0, 0.05) is 45.6 Å². The Morgan fingerprint density at radius 1 is 0.437 bits per heavy atom. The summed E-state index contributed by atoms with van der Waals surface area (Å²) in [5.74, 6) is 1.53. The van der Waals surface area contributed by atoms with Crippen molar-refractivity contribution in [1.29, 1.82) is 0 Å². The highest BCUT2D eigenvalue weighted by atomic mass is 31.2. The highest BCUT2D eigenvalue weighted by Crippen LogP contribution is 2.44. The Bertz CT molecular complexity index is 3020. The fourth-order valence-corrected chi connectivity index (χ4v) is 23.2. The van der Waals surface area contributed by atoms with E-state index in [1.165, 1.54) is 45.1 Å². The molecule has 0 aliphatic heterocycles. The second-order valence-corrected chi connectivity index (χ2v) is 34.0.